The third kappa shape index (κ3) is 2.84. The number of ether oxygens (including phenoxy) is 2. The highest BCUT2D eigenvalue weighted by Gasteiger charge is 2.15. The maximum Gasteiger partial charge on any atom is 0.321 e. The van der Waals surface area contributed by atoms with Gasteiger partial charge in [0.2, 0.25) is 11.8 Å². The molecule has 100 valence electrons. The van der Waals surface area contributed by atoms with Gasteiger partial charge < -0.3 is 14.8 Å². The second kappa shape index (κ2) is 5.89. The van der Waals surface area contributed by atoms with Crippen LogP contribution in [0.4, 0.5) is 5.95 Å². The Morgan fingerprint density at radius 2 is 1.95 bits per heavy atom. The van der Waals surface area contributed by atoms with Crippen LogP contribution >= 0.6 is 0 Å². The first-order chi connectivity index (χ1) is 9.28. The first kappa shape index (κ1) is 12.9. The predicted octanol–water partition coefficient (Wildman–Crippen LogP) is 0.778. The Morgan fingerprint density at radius 3 is 2.63 bits per heavy atom. The molecule has 0 fully saturated rings. The molecule has 2 aromatic heterocycles. The van der Waals surface area contributed by atoms with E-state index >= 15 is 0 Å². The van der Waals surface area contributed by atoms with Crippen molar-refractivity contribution in [3.8, 4) is 23.4 Å². The highest BCUT2D eigenvalue weighted by Crippen LogP contribution is 2.23. The number of methoxy groups -OCH3 is 1. The maximum absolute atomic E-state index is 5.29. The number of anilines is 1. The minimum Gasteiger partial charge on any atom is -0.479 e. The molecule has 0 aliphatic carbocycles. The van der Waals surface area contributed by atoms with Crippen LogP contribution < -0.4 is 14.8 Å². The maximum atomic E-state index is 5.29. The summed E-state index contributed by atoms with van der Waals surface area (Å²) >= 11 is 0. The van der Waals surface area contributed by atoms with E-state index in [9.17, 15) is 0 Å². The summed E-state index contributed by atoms with van der Waals surface area (Å²) in [6.07, 6.45) is 3.08. The van der Waals surface area contributed by atoms with Crippen molar-refractivity contribution in [1.29, 1.82) is 0 Å². The van der Waals surface area contributed by atoms with Gasteiger partial charge in [0.15, 0.2) is 11.5 Å². The van der Waals surface area contributed by atoms with E-state index in [-0.39, 0.29) is 6.01 Å². The fraction of sp³-hybridized carbons (Fsp3) is 0.364. The number of hydrogen-bond acceptors (Lipinski definition) is 8. The topological polar surface area (TPSA) is 94.9 Å². The summed E-state index contributed by atoms with van der Waals surface area (Å²) in [5.74, 6) is 1.08. The smallest absolute Gasteiger partial charge is 0.321 e. The molecular weight excluding hydrogens is 248 g/mol. The molecule has 0 saturated carbocycles. The summed E-state index contributed by atoms with van der Waals surface area (Å²) < 4.78 is 10.4. The molecule has 2 aromatic rings. The lowest BCUT2D eigenvalue weighted by Gasteiger charge is -2.08. The molecule has 0 spiro atoms. The zero-order valence-electron chi connectivity index (χ0n) is 10.9. The van der Waals surface area contributed by atoms with Crippen molar-refractivity contribution in [1.82, 2.24) is 24.9 Å². The van der Waals surface area contributed by atoms with Gasteiger partial charge in [-0.3, -0.25) is 0 Å². The van der Waals surface area contributed by atoms with E-state index in [1.165, 1.54) is 13.3 Å². The third-order valence-corrected chi connectivity index (χ3v) is 2.18. The van der Waals surface area contributed by atoms with Gasteiger partial charge in [-0.15, -0.1) is 0 Å². The summed E-state index contributed by atoms with van der Waals surface area (Å²) in [5, 5.41) is 2.84. The summed E-state index contributed by atoms with van der Waals surface area (Å²) in [4.78, 5) is 20.7. The first-order valence-electron chi connectivity index (χ1n) is 5.70. The van der Waals surface area contributed by atoms with Crippen LogP contribution in [0.5, 0.6) is 11.9 Å². The van der Waals surface area contributed by atoms with Crippen molar-refractivity contribution in [3.63, 3.8) is 0 Å². The van der Waals surface area contributed by atoms with E-state index in [0.29, 0.717) is 30.0 Å². The molecule has 2 rings (SSSR count). The molecule has 0 aliphatic rings. The van der Waals surface area contributed by atoms with Crippen molar-refractivity contribution in [3.05, 3.63) is 12.4 Å². The lowest BCUT2D eigenvalue weighted by atomic mass is 10.4. The summed E-state index contributed by atoms with van der Waals surface area (Å²) in [6.45, 7) is 2.32. The van der Waals surface area contributed by atoms with Crippen LogP contribution in [0.3, 0.4) is 0 Å². The molecule has 8 heteroatoms. The van der Waals surface area contributed by atoms with Crippen molar-refractivity contribution in [2.24, 2.45) is 0 Å². The fourth-order valence-corrected chi connectivity index (χ4v) is 1.40. The number of aromatic nitrogens is 5. The van der Waals surface area contributed by atoms with Crippen molar-refractivity contribution < 1.29 is 9.47 Å². The van der Waals surface area contributed by atoms with E-state index in [2.05, 4.69) is 30.2 Å². The average molecular weight is 262 g/mol. The zero-order chi connectivity index (χ0) is 13.7. The first-order valence-corrected chi connectivity index (χ1v) is 5.70. The second-order valence-electron chi connectivity index (χ2n) is 3.36. The van der Waals surface area contributed by atoms with Crippen LogP contribution in [0.15, 0.2) is 12.4 Å². The summed E-state index contributed by atoms with van der Waals surface area (Å²) in [6, 6.07) is 0.226. The van der Waals surface area contributed by atoms with Gasteiger partial charge in [0, 0.05) is 19.4 Å². The molecule has 0 atom stereocenters. The molecule has 0 saturated heterocycles. The number of hydrogen-bond donors (Lipinski definition) is 1. The van der Waals surface area contributed by atoms with Gasteiger partial charge in [-0.1, -0.05) is 0 Å². The molecule has 0 unspecified atom stereocenters. The molecule has 0 radical (unpaired) electrons. The molecular formula is C11H14N6O2. The van der Waals surface area contributed by atoms with Crippen LogP contribution in [0.2, 0.25) is 0 Å². The van der Waals surface area contributed by atoms with Crippen LogP contribution in [-0.2, 0) is 0 Å². The lowest BCUT2D eigenvalue weighted by Crippen LogP contribution is -2.06. The normalized spacial score (nSPS) is 10.1. The van der Waals surface area contributed by atoms with E-state index in [0.717, 1.165) is 0 Å². The van der Waals surface area contributed by atoms with Gasteiger partial charge in [0.1, 0.15) is 0 Å². The molecule has 2 heterocycles. The molecule has 0 bridgehead atoms. The van der Waals surface area contributed by atoms with Gasteiger partial charge in [-0.05, 0) is 6.92 Å². The van der Waals surface area contributed by atoms with Gasteiger partial charge in [-0.25, -0.2) is 9.97 Å². The Kier molecular flexibility index (Phi) is 4.01. The molecule has 19 heavy (non-hydrogen) atoms. The SMILES string of the molecule is CCOc1nc(NC)nc(-c2nccnc2OC)n1. The number of rotatable bonds is 5. The van der Waals surface area contributed by atoms with Crippen LogP contribution in [0, 0.1) is 0 Å². The molecule has 1 N–H and O–H groups in total. The average Bonchev–Trinajstić information content (AvgIpc) is 2.47. The lowest BCUT2D eigenvalue weighted by molar-refractivity contribution is 0.312. The predicted molar refractivity (Wildman–Crippen MR) is 68.1 cm³/mol. The number of nitrogens with one attached hydrogen (secondary N) is 1. The minimum absolute atomic E-state index is 0.226. The van der Waals surface area contributed by atoms with Gasteiger partial charge >= 0.3 is 6.01 Å². The van der Waals surface area contributed by atoms with Crippen LogP contribution in [0.25, 0.3) is 11.5 Å². The van der Waals surface area contributed by atoms with Crippen molar-refractivity contribution in [2.75, 3.05) is 26.1 Å². The van der Waals surface area contributed by atoms with E-state index in [4.69, 9.17) is 9.47 Å². The van der Waals surface area contributed by atoms with Gasteiger partial charge in [0.05, 0.1) is 13.7 Å². The second-order valence-corrected chi connectivity index (χ2v) is 3.36. The Hall–Kier alpha value is -2.51. The quantitative estimate of drug-likeness (QED) is 0.844. The largest absolute Gasteiger partial charge is 0.479 e. The Labute approximate surface area is 110 Å². The van der Waals surface area contributed by atoms with Gasteiger partial charge in [-0.2, -0.15) is 15.0 Å². The van der Waals surface area contributed by atoms with Crippen LogP contribution in [-0.4, -0.2) is 45.7 Å². The number of nitrogens with zero attached hydrogens (tertiary/aromatic N) is 5. The van der Waals surface area contributed by atoms with Crippen molar-refractivity contribution in [2.45, 2.75) is 6.92 Å². The zero-order valence-corrected chi connectivity index (χ0v) is 10.9. The molecule has 0 amide bonds. The van der Waals surface area contributed by atoms with Gasteiger partial charge in [0.25, 0.3) is 0 Å². The summed E-state index contributed by atoms with van der Waals surface area (Å²) in [5.41, 5.74) is 0.435. The Balaban J connectivity index is 2.51. The highest BCUT2D eigenvalue weighted by molar-refractivity contribution is 5.57. The Bertz CT molecular complexity index is 563. The summed E-state index contributed by atoms with van der Waals surface area (Å²) in [7, 11) is 3.22. The van der Waals surface area contributed by atoms with Crippen molar-refractivity contribution >= 4 is 5.95 Å². The third-order valence-electron chi connectivity index (χ3n) is 2.18. The molecule has 8 nitrogen and oxygen atoms in total. The highest BCUT2D eigenvalue weighted by atomic mass is 16.5. The molecule has 0 aliphatic heterocycles. The van der Waals surface area contributed by atoms with E-state index < -0.39 is 0 Å². The van der Waals surface area contributed by atoms with E-state index in [1.54, 1.807) is 13.2 Å². The van der Waals surface area contributed by atoms with Crippen LogP contribution in [0.1, 0.15) is 6.92 Å². The monoisotopic (exact) mass is 262 g/mol. The minimum atomic E-state index is 0.226. The van der Waals surface area contributed by atoms with E-state index in [1.807, 2.05) is 6.92 Å². The Morgan fingerprint density at radius 1 is 1.16 bits per heavy atom. The fourth-order valence-electron chi connectivity index (χ4n) is 1.40. The standard InChI is InChI=1S/C11H14N6O2/c1-4-19-11-16-8(15-10(12-2)17-11)7-9(18-3)14-6-5-13-7/h5-6H,4H2,1-3H3,(H,12,15,16,17). The molecule has 0 aromatic carbocycles.